The minimum Gasteiger partial charge on any atom is -0.223 e. The molecule has 0 fully saturated rings. The Bertz CT molecular complexity index is 1010. The Kier molecular flexibility index (Phi) is 5.83. The molecule has 130 valence electrons. The van der Waals surface area contributed by atoms with Crippen molar-refractivity contribution in [1.29, 1.82) is 5.26 Å². The molecule has 2 aromatic carbocycles. The molecule has 2 aromatic rings. The largest absolute Gasteiger partial charge is 0.223 e. The first-order valence-electron chi connectivity index (χ1n) is 6.86. The van der Waals surface area contributed by atoms with E-state index in [0.717, 1.165) is 12.3 Å². The molecule has 0 atom stereocenters. The summed E-state index contributed by atoms with van der Waals surface area (Å²) >= 11 is 11.7. The van der Waals surface area contributed by atoms with Crippen molar-refractivity contribution in [3.63, 3.8) is 0 Å². The maximum atomic E-state index is 14.6. The molecule has 0 radical (unpaired) electrons. The van der Waals surface area contributed by atoms with Gasteiger partial charge in [0.05, 0.1) is 10.0 Å². The number of hydrogen-bond acceptors (Lipinski definition) is 3. The first-order valence-corrected chi connectivity index (χ1v) is 9.51. The predicted molar refractivity (Wildman–Crippen MR) is 94.1 cm³/mol. The van der Waals surface area contributed by atoms with Gasteiger partial charge in [-0.3, -0.25) is 0 Å². The SMILES string of the molecule is CS(=O)(=O)/C(C#N)=C/c1c(F)ccc(Cc2ccc(Cl)c(Cl)c2)c1F. The van der Waals surface area contributed by atoms with Crippen LogP contribution < -0.4 is 0 Å². The molecular formula is C17H11Cl2F2NO2S. The Morgan fingerprint density at radius 3 is 2.44 bits per heavy atom. The first-order chi connectivity index (χ1) is 11.6. The lowest BCUT2D eigenvalue weighted by atomic mass is 10.0. The number of rotatable bonds is 4. The van der Waals surface area contributed by atoms with Gasteiger partial charge in [0, 0.05) is 18.2 Å². The molecule has 0 unspecified atom stereocenters. The van der Waals surface area contributed by atoms with Gasteiger partial charge in [-0.05, 0) is 35.4 Å². The molecule has 0 amide bonds. The summed E-state index contributed by atoms with van der Waals surface area (Å²) in [5.74, 6) is -1.91. The van der Waals surface area contributed by atoms with Crippen molar-refractivity contribution < 1.29 is 17.2 Å². The zero-order valence-corrected chi connectivity index (χ0v) is 15.2. The molecule has 0 bridgehead atoms. The van der Waals surface area contributed by atoms with Gasteiger partial charge in [0.25, 0.3) is 0 Å². The molecule has 0 aromatic heterocycles. The highest BCUT2D eigenvalue weighted by molar-refractivity contribution is 7.95. The lowest BCUT2D eigenvalue weighted by Crippen LogP contribution is -2.02. The normalized spacial score (nSPS) is 12.1. The fourth-order valence-electron chi connectivity index (χ4n) is 2.11. The molecule has 0 saturated carbocycles. The summed E-state index contributed by atoms with van der Waals surface area (Å²) in [7, 11) is -3.89. The van der Waals surface area contributed by atoms with Gasteiger partial charge < -0.3 is 0 Å². The summed E-state index contributed by atoms with van der Waals surface area (Å²) in [6.07, 6.45) is 1.57. The molecule has 8 heteroatoms. The minimum atomic E-state index is -3.89. The molecule has 0 saturated heterocycles. The zero-order chi connectivity index (χ0) is 18.8. The smallest absolute Gasteiger partial charge is 0.185 e. The van der Waals surface area contributed by atoms with Crippen LogP contribution in [0.1, 0.15) is 16.7 Å². The summed E-state index contributed by atoms with van der Waals surface area (Å²) in [4.78, 5) is -0.725. The van der Waals surface area contributed by atoms with Crippen molar-refractivity contribution in [3.05, 3.63) is 73.6 Å². The number of sulfone groups is 1. The van der Waals surface area contributed by atoms with Crippen LogP contribution in [-0.4, -0.2) is 14.7 Å². The number of allylic oxidation sites excluding steroid dienone is 1. The number of halogens is 4. The molecular weight excluding hydrogens is 391 g/mol. The van der Waals surface area contributed by atoms with E-state index >= 15 is 0 Å². The lowest BCUT2D eigenvalue weighted by molar-refractivity contribution is 0.570. The highest BCUT2D eigenvalue weighted by atomic mass is 35.5. The van der Waals surface area contributed by atoms with Crippen LogP contribution in [0, 0.1) is 23.0 Å². The van der Waals surface area contributed by atoms with Crippen molar-refractivity contribution in [2.24, 2.45) is 0 Å². The monoisotopic (exact) mass is 401 g/mol. The van der Waals surface area contributed by atoms with Gasteiger partial charge in [0.2, 0.25) is 0 Å². The molecule has 25 heavy (non-hydrogen) atoms. The second kappa shape index (κ2) is 7.52. The van der Waals surface area contributed by atoms with E-state index in [-0.39, 0.29) is 12.0 Å². The molecule has 0 heterocycles. The van der Waals surface area contributed by atoms with Crippen molar-refractivity contribution in [2.75, 3.05) is 6.26 Å². The average molecular weight is 402 g/mol. The fraction of sp³-hybridized carbons (Fsp3) is 0.118. The van der Waals surface area contributed by atoms with Crippen LogP contribution in [0.15, 0.2) is 35.2 Å². The van der Waals surface area contributed by atoms with Crippen LogP contribution >= 0.6 is 23.2 Å². The van der Waals surface area contributed by atoms with Gasteiger partial charge in [0.15, 0.2) is 9.84 Å². The minimum absolute atomic E-state index is 0.0879. The van der Waals surface area contributed by atoms with Crippen LogP contribution in [-0.2, 0) is 16.3 Å². The summed E-state index contributed by atoms with van der Waals surface area (Å²) in [5, 5.41) is 9.54. The topological polar surface area (TPSA) is 57.9 Å². The Balaban J connectivity index is 2.52. The van der Waals surface area contributed by atoms with Crippen LogP contribution in [0.25, 0.3) is 6.08 Å². The molecule has 2 rings (SSSR count). The highest BCUT2D eigenvalue weighted by Gasteiger charge is 2.17. The van der Waals surface area contributed by atoms with Gasteiger partial charge >= 0.3 is 0 Å². The van der Waals surface area contributed by atoms with Gasteiger partial charge in [-0.15, -0.1) is 0 Å². The van der Waals surface area contributed by atoms with Gasteiger partial charge in [-0.1, -0.05) is 35.3 Å². The Morgan fingerprint density at radius 2 is 1.88 bits per heavy atom. The maximum Gasteiger partial charge on any atom is 0.185 e. The standard InChI is InChI=1S/C17H11Cl2F2NO2S/c1-25(23,24)12(9-22)8-13-16(20)5-3-11(17(13)21)6-10-2-4-14(18)15(19)7-10/h2-5,7-8H,6H2,1H3/b12-8+. The third-order valence-corrected chi connectivity index (χ3v) is 5.12. The summed E-state index contributed by atoms with van der Waals surface area (Å²) in [6.45, 7) is 0. The highest BCUT2D eigenvalue weighted by Crippen LogP contribution is 2.26. The van der Waals surface area contributed by atoms with E-state index in [0.29, 0.717) is 21.7 Å². The molecule has 0 spiro atoms. The fourth-order valence-corrected chi connectivity index (χ4v) is 2.92. The lowest BCUT2D eigenvalue weighted by Gasteiger charge is -2.09. The Morgan fingerprint density at radius 1 is 1.20 bits per heavy atom. The molecule has 0 N–H and O–H groups in total. The van der Waals surface area contributed by atoms with Crippen LogP contribution in [0.3, 0.4) is 0 Å². The van der Waals surface area contributed by atoms with E-state index in [4.69, 9.17) is 28.5 Å². The van der Waals surface area contributed by atoms with E-state index < -0.39 is 31.9 Å². The summed E-state index contributed by atoms with van der Waals surface area (Å²) < 4.78 is 51.5. The van der Waals surface area contributed by atoms with Crippen LogP contribution in [0.4, 0.5) is 8.78 Å². The van der Waals surface area contributed by atoms with E-state index in [1.807, 2.05) is 0 Å². The first kappa shape index (κ1) is 19.4. The molecule has 0 aliphatic rings. The second-order valence-corrected chi connectivity index (χ2v) is 8.05. The van der Waals surface area contributed by atoms with Gasteiger partial charge in [-0.2, -0.15) is 5.26 Å². The quantitative estimate of drug-likeness (QED) is 0.693. The third kappa shape index (κ3) is 4.57. The summed E-state index contributed by atoms with van der Waals surface area (Å²) in [5.41, 5.74) is 0.176. The van der Waals surface area contributed by atoms with Crippen LogP contribution in [0.5, 0.6) is 0 Å². The molecule has 0 aliphatic heterocycles. The number of nitrogens with zero attached hydrogens (tertiary/aromatic N) is 1. The summed E-state index contributed by atoms with van der Waals surface area (Å²) in [6, 6.07) is 8.45. The van der Waals surface area contributed by atoms with Crippen LogP contribution in [0.2, 0.25) is 10.0 Å². The number of benzene rings is 2. The van der Waals surface area contributed by atoms with E-state index in [1.54, 1.807) is 18.2 Å². The number of hydrogen-bond donors (Lipinski definition) is 0. The van der Waals surface area contributed by atoms with E-state index in [1.165, 1.54) is 12.1 Å². The average Bonchev–Trinajstić information content (AvgIpc) is 2.52. The van der Waals surface area contributed by atoms with Crippen molar-refractivity contribution in [1.82, 2.24) is 0 Å². The Labute approximate surface area is 154 Å². The van der Waals surface area contributed by atoms with Crippen molar-refractivity contribution >= 4 is 39.1 Å². The Hall–Kier alpha value is -1.94. The van der Waals surface area contributed by atoms with Crippen molar-refractivity contribution in [2.45, 2.75) is 6.42 Å². The molecule has 3 nitrogen and oxygen atoms in total. The van der Waals surface area contributed by atoms with E-state index in [2.05, 4.69) is 0 Å². The molecule has 0 aliphatic carbocycles. The zero-order valence-electron chi connectivity index (χ0n) is 12.9. The van der Waals surface area contributed by atoms with E-state index in [9.17, 15) is 17.2 Å². The number of nitriles is 1. The van der Waals surface area contributed by atoms with Gasteiger partial charge in [0.1, 0.15) is 22.6 Å². The van der Waals surface area contributed by atoms with Crippen molar-refractivity contribution in [3.8, 4) is 6.07 Å². The second-order valence-electron chi connectivity index (χ2n) is 5.25. The van der Waals surface area contributed by atoms with Gasteiger partial charge in [-0.25, -0.2) is 17.2 Å². The predicted octanol–water partition coefficient (Wildman–Crippen LogP) is 4.77. The maximum absolute atomic E-state index is 14.6. The third-order valence-electron chi connectivity index (χ3n) is 3.37.